The predicted molar refractivity (Wildman–Crippen MR) is 45.0 cm³/mol. The standard InChI is InChI=1S/C6H8N2.H2O3S/c7-5-3-1-2-4-6(5)8;1-4(2)3/h1-4H,7-8H2;(H2,1,2,3)/p-2. The fourth-order valence-electron chi connectivity index (χ4n) is 0.511. The summed E-state index contributed by atoms with van der Waals surface area (Å²) in [5.74, 6) is 0. The van der Waals surface area contributed by atoms with Crippen molar-refractivity contribution >= 4 is 22.7 Å². The van der Waals surface area contributed by atoms with Gasteiger partial charge in [0.05, 0.1) is 11.4 Å². The van der Waals surface area contributed by atoms with Crippen molar-refractivity contribution in [3.8, 4) is 0 Å². The Labute approximate surface area is 72.5 Å². The summed E-state index contributed by atoms with van der Waals surface area (Å²) in [5.41, 5.74) is 12.1. The van der Waals surface area contributed by atoms with Crippen LogP contribution in [0, 0.1) is 0 Å². The van der Waals surface area contributed by atoms with Gasteiger partial charge in [-0.15, -0.1) is 11.4 Å². The Hall–Kier alpha value is -1.11. The van der Waals surface area contributed by atoms with Gasteiger partial charge in [0.1, 0.15) is 0 Å². The first-order valence-corrected chi connectivity index (χ1v) is 3.90. The van der Waals surface area contributed by atoms with E-state index >= 15 is 0 Å². The van der Waals surface area contributed by atoms with Gasteiger partial charge in [-0.25, -0.2) is 0 Å². The van der Waals surface area contributed by atoms with Crippen molar-refractivity contribution < 1.29 is 13.3 Å². The molecule has 0 saturated heterocycles. The normalized spacial score (nSPS) is 8.92. The van der Waals surface area contributed by atoms with Gasteiger partial charge in [-0.05, 0) is 12.1 Å². The zero-order chi connectivity index (χ0) is 9.56. The first-order chi connectivity index (χ1) is 5.54. The molecular formula is C6H8N2O3S-2. The third-order valence-corrected chi connectivity index (χ3v) is 0.996. The van der Waals surface area contributed by atoms with E-state index in [1.54, 1.807) is 12.1 Å². The molecule has 1 aromatic rings. The number of nitrogen functional groups attached to an aromatic ring is 2. The summed E-state index contributed by atoms with van der Waals surface area (Å²) in [6.07, 6.45) is 0. The molecule has 0 aliphatic heterocycles. The largest absolute Gasteiger partial charge is 0.784 e. The Morgan fingerprint density at radius 2 is 1.33 bits per heavy atom. The molecule has 0 heterocycles. The van der Waals surface area contributed by atoms with Crippen molar-refractivity contribution in [2.45, 2.75) is 0 Å². The van der Waals surface area contributed by atoms with Crippen molar-refractivity contribution in [2.24, 2.45) is 0 Å². The fourth-order valence-corrected chi connectivity index (χ4v) is 0.511. The minimum absolute atomic E-state index is 0.646. The van der Waals surface area contributed by atoms with Gasteiger partial charge in [-0.2, -0.15) is 0 Å². The van der Waals surface area contributed by atoms with Gasteiger partial charge in [-0.3, -0.25) is 4.21 Å². The first kappa shape index (κ1) is 10.9. The average Bonchev–Trinajstić information content (AvgIpc) is 1.94. The van der Waals surface area contributed by atoms with Crippen molar-refractivity contribution in [3.05, 3.63) is 24.3 Å². The summed E-state index contributed by atoms with van der Waals surface area (Å²) in [5, 5.41) is 0. The summed E-state index contributed by atoms with van der Waals surface area (Å²) in [7, 11) is 0. The Kier molecular flexibility index (Phi) is 5.02. The summed E-state index contributed by atoms with van der Waals surface area (Å²) in [6.45, 7) is 0. The number of rotatable bonds is 0. The number of nitrogens with two attached hydrogens (primary N) is 2. The number of para-hydroxylation sites is 2. The van der Waals surface area contributed by atoms with E-state index in [2.05, 4.69) is 0 Å². The van der Waals surface area contributed by atoms with Gasteiger partial charge in [0, 0.05) is 0 Å². The molecular weight excluding hydrogens is 180 g/mol. The van der Waals surface area contributed by atoms with E-state index in [-0.39, 0.29) is 0 Å². The molecule has 0 amide bonds. The van der Waals surface area contributed by atoms with Crippen molar-refractivity contribution in [3.63, 3.8) is 0 Å². The van der Waals surface area contributed by atoms with Gasteiger partial charge in [0.25, 0.3) is 0 Å². The van der Waals surface area contributed by atoms with Crippen LogP contribution in [-0.2, 0) is 11.4 Å². The molecule has 0 aliphatic rings. The molecule has 5 nitrogen and oxygen atoms in total. The molecule has 0 atom stereocenters. The second kappa shape index (κ2) is 5.53. The van der Waals surface area contributed by atoms with Crippen LogP contribution in [0.4, 0.5) is 11.4 Å². The lowest BCUT2D eigenvalue weighted by Gasteiger charge is -2.03. The SMILES string of the molecule is Nc1ccccc1N.O=S([O-])[O-]. The lowest BCUT2D eigenvalue weighted by Crippen LogP contribution is -1.91. The van der Waals surface area contributed by atoms with Crippen LogP contribution >= 0.6 is 0 Å². The van der Waals surface area contributed by atoms with Gasteiger partial charge in [0.2, 0.25) is 0 Å². The molecule has 6 heteroatoms. The molecule has 0 spiro atoms. The quantitative estimate of drug-likeness (QED) is 0.433. The second-order valence-corrected chi connectivity index (χ2v) is 2.24. The maximum atomic E-state index is 8.44. The number of anilines is 2. The van der Waals surface area contributed by atoms with E-state index < -0.39 is 11.4 Å². The van der Waals surface area contributed by atoms with Crippen LogP contribution in [0.25, 0.3) is 0 Å². The number of hydrogen-bond donors (Lipinski definition) is 2. The highest BCUT2D eigenvalue weighted by atomic mass is 32.2. The molecule has 4 N–H and O–H groups in total. The van der Waals surface area contributed by atoms with Crippen LogP contribution in [-0.4, -0.2) is 13.3 Å². The van der Waals surface area contributed by atoms with Crippen LogP contribution in [0.5, 0.6) is 0 Å². The van der Waals surface area contributed by atoms with Crippen LogP contribution in [0.2, 0.25) is 0 Å². The third-order valence-electron chi connectivity index (χ3n) is 0.996. The Balaban J connectivity index is 0.000000261. The maximum absolute atomic E-state index is 8.44. The van der Waals surface area contributed by atoms with Crippen LogP contribution < -0.4 is 11.5 Å². The van der Waals surface area contributed by atoms with Crippen molar-refractivity contribution in [1.29, 1.82) is 0 Å². The zero-order valence-electron chi connectivity index (χ0n) is 6.10. The zero-order valence-corrected chi connectivity index (χ0v) is 6.91. The second-order valence-electron chi connectivity index (χ2n) is 1.83. The maximum Gasteiger partial charge on any atom is 0.0547 e. The summed E-state index contributed by atoms with van der Waals surface area (Å²) < 4.78 is 25.3. The molecule has 0 aromatic heterocycles. The van der Waals surface area contributed by atoms with Gasteiger partial charge in [0.15, 0.2) is 0 Å². The van der Waals surface area contributed by atoms with Crippen LogP contribution in [0.15, 0.2) is 24.3 Å². The lowest BCUT2D eigenvalue weighted by molar-refractivity contribution is 0.419. The van der Waals surface area contributed by atoms with E-state index in [1.165, 1.54) is 0 Å². The summed E-state index contributed by atoms with van der Waals surface area (Å²) >= 11 is -3.11. The molecule has 0 fully saturated rings. The molecule has 1 aromatic carbocycles. The lowest BCUT2D eigenvalue weighted by atomic mass is 10.3. The summed E-state index contributed by atoms with van der Waals surface area (Å²) in [6, 6.07) is 7.25. The first-order valence-electron chi connectivity index (χ1n) is 2.90. The van der Waals surface area contributed by atoms with Crippen molar-refractivity contribution in [2.75, 3.05) is 11.5 Å². The molecule has 0 aliphatic carbocycles. The van der Waals surface area contributed by atoms with Crippen LogP contribution in [0.1, 0.15) is 0 Å². The van der Waals surface area contributed by atoms with Crippen LogP contribution in [0.3, 0.4) is 0 Å². The smallest absolute Gasteiger partial charge is 0.0547 e. The molecule has 0 bridgehead atoms. The topological polar surface area (TPSA) is 115 Å². The molecule has 68 valence electrons. The van der Waals surface area contributed by atoms with E-state index in [0.29, 0.717) is 11.4 Å². The molecule has 1 rings (SSSR count). The minimum Gasteiger partial charge on any atom is -0.784 e. The van der Waals surface area contributed by atoms with Gasteiger partial charge < -0.3 is 20.6 Å². The molecule has 0 saturated carbocycles. The Bertz CT molecular complexity index is 242. The molecule has 12 heavy (non-hydrogen) atoms. The van der Waals surface area contributed by atoms with Gasteiger partial charge in [-0.1, -0.05) is 12.1 Å². The van der Waals surface area contributed by atoms with E-state index in [4.69, 9.17) is 24.8 Å². The molecule has 0 unspecified atom stereocenters. The number of hydrogen-bond acceptors (Lipinski definition) is 5. The Morgan fingerprint density at radius 1 is 1.08 bits per heavy atom. The predicted octanol–water partition coefficient (Wildman–Crippen LogP) is -0.153. The monoisotopic (exact) mass is 188 g/mol. The highest BCUT2D eigenvalue weighted by Crippen LogP contribution is 2.10. The van der Waals surface area contributed by atoms with Crippen molar-refractivity contribution in [1.82, 2.24) is 0 Å². The fraction of sp³-hybridized carbons (Fsp3) is 0. The van der Waals surface area contributed by atoms with E-state index in [9.17, 15) is 0 Å². The minimum atomic E-state index is -3.11. The van der Waals surface area contributed by atoms with Gasteiger partial charge >= 0.3 is 0 Å². The average molecular weight is 188 g/mol. The number of benzene rings is 1. The highest BCUT2D eigenvalue weighted by Gasteiger charge is 1.85. The van der Waals surface area contributed by atoms with E-state index in [0.717, 1.165) is 0 Å². The summed E-state index contributed by atoms with van der Waals surface area (Å²) in [4.78, 5) is 0. The highest BCUT2D eigenvalue weighted by molar-refractivity contribution is 7.72. The Morgan fingerprint density at radius 3 is 1.50 bits per heavy atom. The molecule has 0 radical (unpaired) electrons. The third kappa shape index (κ3) is 5.66. The van der Waals surface area contributed by atoms with E-state index in [1.807, 2.05) is 12.1 Å².